The van der Waals surface area contributed by atoms with Crippen LogP contribution in [0.15, 0.2) is 18.5 Å². The van der Waals surface area contributed by atoms with Gasteiger partial charge in [-0.2, -0.15) is 0 Å². The van der Waals surface area contributed by atoms with Crippen LogP contribution in [-0.4, -0.2) is 39.4 Å². The highest BCUT2D eigenvalue weighted by Crippen LogP contribution is 2.42. The molecule has 1 atom stereocenters. The number of methoxy groups -OCH3 is 1. The highest BCUT2D eigenvalue weighted by atomic mass is 35.5. The predicted octanol–water partition coefficient (Wildman–Crippen LogP) is 4.60. The lowest BCUT2D eigenvalue weighted by Gasteiger charge is -2.33. The molecule has 146 valence electrons. The van der Waals surface area contributed by atoms with E-state index in [9.17, 15) is 4.79 Å². The zero-order valence-corrected chi connectivity index (χ0v) is 17.4. The van der Waals surface area contributed by atoms with Crippen molar-refractivity contribution in [2.24, 2.45) is 0 Å². The Morgan fingerprint density at radius 3 is 2.71 bits per heavy atom. The van der Waals surface area contributed by atoms with Crippen LogP contribution >= 0.6 is 23.2 Å². The Kier molecular flexibility index (Phi) is 4.93. The van der Waals surface area contributed by atoms with E-state index in [4.69, 9.17) is 27.9 Å². The number of ether oxygens (including phenoxy) is 1. The highest BCUT2D eigenvalue weighted by molar-refractivity contribution is 6.45. The van der Waals surface area contributed by atoms with Crippen LogP contribution in [0.3, 0.4) is 0 Å². The van der Waals surface area contributed by atoms with E-state index in [0.717, 1.165) is 34.1 Å². The van der Waals surface area contributed by atoms with Crippen molar-refractivity contribution in [1.29, 1.82) is 0 Å². The van der Waals surface area contributed by atoms with Crippen molar-refractivity contribution in [3.63, 3.8) is 0 Å². The number of aromatic nitrogens is 3. The van der Waals surface area contributed by atoms with Gasteiger partial charge in [0.15, 0.2) is 5.75 Å². The first-order chi connectivity index (χ1) is 13.5. The molecule has 0 radical (unpaired) electrons. The van der Waals surface area contributed by atoms with Gasteiger partial charge in [-0.1, -0.05) is 30.1 Å². The minimum absolute atomic E-state index is 0.141. The van der Waals surface area contributed by atoms with E-state index in [2.05, 4.69) is 21.9 Å². The Hall–Kier alpha value is -2.31. The van der Waals surface area contributed by atoms with E-state index in [0.29, 0.717) is 28.8 Å². The molecule has 0 saturated heterocycles. The zero-order valence-electron chi connectivity index (χ0n) is 15.8. The van der Waals surface area contributed by atoms with Gasteiger partial charge in [0.1, 0.15) is 0 Å². The van der Waals surface area contributed by atoms with Crippen molar-refractivity contribution in [3.05, 3.63) is 51.2 Å². The maximum Gasteiger partial charge on any atom is 0.292 e. The van der Waals surface area contributed by atoms with Gasteiger partial charge in [-0.3, -0.25) is 4.79 Å². The van der Waals surface area contributed by atoms with Crippen molar-refractivity contribution in [2.45, 2.75) is 32.7 Å². The lowest BCUT2D eigenvalue weighted by molar-refractivity contribution is 0.0665. The average molecular weight is 419 g/mol. The second kappa shape index (κ2) is 7.26. The lowest BCUT2D eigenvalue weighted by Crippen LogP contribution is -2.39. The summed E-state index contributed by atoms with van der Waals surface area (Å²) < 4.78 is 5.07. The summed E-state index contributed by atoms with van der Waals surface area (Å²) >= 11 is 12.8. The molecule has 28 heavy (non-hydrogen) atoms. The largest absolute Gasteiger partial charge is 0.494 e. The first-order valence-electron chi connectivity index (χ1n) is 9.14. The summed E-state index contributed by atoms with van der Waals surface area (Å²) in [6.45, 7) is 4.68. The van der Waals surface area contributed by atoms with Gasteiger partial charge in [0, 0.05) is 29.6 Å². The molecule has 1 aliphatic heterocycles. The third kappa shape index (κ3) is 2.91. The number of H-pyrrole nitrogens is 1. The second-order valence-corrected chi connectivity index (χ2v) is 7.61. The molecular weight excluding hydrogens is 399 g/mol. The topological polar surface area (TPSA) is 71.1 Å². The summed E-state index contributed by atoms with van der Waals surface area (Å²) in [7, 11) is 1.54. The molecule has 3 aromatic rings. The fourth-order valence-electron chi connectivity index (χ4n) is 3.93. The van der Waals surface area contributed by atoms with Gasteiger partial charge in [-0.05, 0) is 25.0 Å². The van der Waals surface area contributed by atoms with Crippen LogP contribution in [0.25, 0.3) is 10.9 Å². The monoisotopic (exact) mass is 418 g/mol. The van der Waals surface area contributed by atoms with Crippen LogP contribution in [0.1, 0.15) is 47.3 Å². The lowest BCUT2D eigenvalue weighted by atomic mass is 9.93. The minimum Gasteiger partial charge on any atom is -0.494 e. The summed E-state index contributed by atoms with van der Waals surface area (Å²) in [5, 5.41) is 2.12. The van der Waals surface area contributed by atoms with Crippen molar-refractivity contribution < 1.29 is 9.53 Å². The van der Waals surface area contributed by atoms with Gasteiger partial charge in [0.25, 0.3) is 5.91 Å². The number of aromatic amines is 1. The fourth-order valence-corrected chi connectivity index (χ4v) is 4.35. The van der Waals surface area contributed by atoms with Crippen LogP contribution in [0.2, 0.25) is 10.0 Å². The number of carbonyl (C=O) groups excluding carboxylic acids is 1. The number of rotatable bonds is 3. The molecule has 0 fully saturated rings. The summed E-state index contributed by atoms with van der Waals surface area (Å²) in [4.78, 5) is 26.6. The summed E-state index contributed by atoms with van der Waals surface area (Å²) in [6.07, 6.45) is 4.53. The Bertz CT molecular complexity index is 1060. The van der Waals surface area contributed by atoms with E-state index < -0.39 is 0 Å². The van der Waals surface area contributed by atoms with E-state index >= 15 is 0 Å². The molecule has 0 unspecified atom stereocenters. The number of nitrogens with zero attached hydrogens (tertiary/aromatic N) is 3. The molecule has 2 aromatic heterocycles. The van der Waals surface area contributed by atoms with Crippen LogP contribution in [0.4, 0.5) is 0 Å². The fraction of sp³-hybridized carbons (Fsp3) is 0.350. The molecule has 1 N–H and O–H groups in total. The van der Waals surface area contributed by atoms with Gasteiger partial charge in [-0.25, -0.2) is 9.97 Å². The number of fused-ring (bicyclic) bond motifs is 3. The quantitative estimate of drug-likeness (QED) is 0.674. The number of hydrogen-bond donors (Lipinski definition) is 1. The molecule has 0 aliphatic carbocycles. The van der Waals surface area contributed by atoms with Crippen LogP contribution in [0.5, 0.6) is 5.75 Å². The third-order valence-corrected chi connectivity index (χ3v) is 6.14. The molecule has 1 aromatic carbocycles. The number of benzene rings is 1. The normalized spacial score (nSPS) is 16.3. The molecule has 0 spiro atoms. The van der Waals surface area contributed by atoms with Gasteiger partial charge in [-0.15, -0.1) is 0 Å². The number of nitrogens with one attached hydrogen (secondary N) is 1. The van der Waals surface area contributed by atoms with Crippen molar-refractivity contribution in [1.82, 2.24) is 19.9 Å². The Morgan fingerprint density at radius 2 is 2.07 bits per heavy atom. The average Bonchev–Trinajstić information content (AvgIpc) is 3.11. The van der Waals surface area contributed by atoms with Gasteiger partial charge >= 0.3 is 0 Å². The minimum atomic E-state index is -0.201. The molecule has 0 bridgehead atoms. The number of hydrogen-bond acceptors (Lipinski definition) is 4. The SMILES string of the molecule is CCc1cc(Cl)c(Cl)c2[nH]c3c(c12)[C@H](C)N(C(=O)c1ncc(OC)cn1)CC3. The smallest absolute Gasteiger partial charge is 0.292 e. The Labute approximate surface area is 172 Å². The first-order valence-corrected chi connectivity index (χ1v) is 9.90. The number of amides is 1. The summed E-state index contributed by atoms with van der Waals surface area (Å²) in [5.41, 5.74) is 4.15. The van der Waals surface area contributed by atoms with Gasteiger partial charge < -0.3 is 14.6 Å². The van der Waals surface area contributed by atoms with Crippen LogP contribution in [-0.2, 0) is 12.8 Å². The summed E-state index contributed by atoms with van der Waals surface area (Å²) in [5.74, 6) is 0.474. The van der Waals surface area contributed by atoms with Crippen molar-refractivity contribution >= 4 is 40.0 Å². The van der Waals surface area contributed by atoms with E-state index in [1.807, 2.05) is 13.0 Å². The first kappa shape index (κ1) is 19.0. The van der Waals surface area contributed by atoms with Crippen molar-refractivity contribution in [3.8, 4) is 5.75 Å². The number of halogens is 2. The van der Waals surface area contributed by atoms with Gasteiger partial charge in [0.05, 0.1) is 41.1 Å². The number of carbonyl (C=O) groups is 1. The van der Waals surface area contributed by atoms with E-state index in [1.165, 1.54) is 19.5 Å². The van der Waals surface area contributed by atoms with Gasteiger partial charge in [0.2, 0.25) is 5.82 Å². The highest BCUT2D eigenvalue weighted by Gasteiger charge is 2.33. The Morgan fingerprint density at radius 1 is 1.36 bits per heavy atom. The second-order valence-electron chi connectivity index (χ2n) is 6.82. The third-order valence-electron chi connectivity index (χ3n) is 5.36. The molecule has 8 heteroatoms. The maximum atomic E-state index is 13.1. The molecule has 1 aliphatic rings. The molecule has 1 amide bonds. The summed E-state index contributed by atoms with van der Waals surface area (Å²) in [6, 6.07) is 1.78. The standard InChI is InChI=1S/C20H20Cl2N4O2/c1-4-11-7-13(21)17(22)18-16(11)15-10(2)26(6-5-14(15)25-18)20(27)19-23-8-12(28-3)9-24-19/h7-10,25H,4-6H2,1-3H3/t10-/m0/s1. The molecule has 4 rings (SSSR count). The van der Waals surface area contributed by atoms with E-state index in [-0.39, 0.29) is 17.8 Å². The molecule has 6 nitrogen and oxygen atoms in total. The zero-order chi connectivity index (χ0) is 20.0. The predicted molar refractivity (Wildman–Crippen MR) is 109 cm³/mol. The maximum absolute atomic E-state index is 13.1. The number of aryl methyl sites for hydroxylation is 1. The van der Waals surface area contributed by atoms with Crippen LogP contribution < -0.4 is 4.74 Å². The molecule has 0 saturated carbocycles. The van der Waals surface area contributed by atoms with E-state index in [1.54, 1.807) is 4.90 Å². The molecular formula is C20H20Cl2N4O2. The van der Waals surface area contributed by atoms with Crippen LogP contribution in [0, 0.1) is 0 Å². The Balaban J connectivity index is 1.78. The van der Waals surface area contributed by atoms with Crippen molar-refractivity contribution in [2.75, 3.05) is 13.7 Å². The molecule has 3 heterocycles.